The molecule has 1 aliphatic rings. The van der Waals surface area contributed by atoms with Crippen LogP contribution in [0.1, 0.15) is 11.6 Å². The number of anilines is 2. The minimum atomic E-state index is -4.34. The summed E-state index contributed by atoms with van der Waals surface area (Å²) >= 11 is 5.94. The molecular weight excluding hydrogens is 283 g/mol. The SMILES string of the molecule is CN(CC(F)(F)F)c1cc2c(cc1Cl)C(N)C(=O)N2. The Kier molecular flexibility index (Phi) is 3.36. The quantitative estimate of drug-likeness (QED) is 0.879. The molecule has 8 heteroatoms. The summed E-state index contributed by atoms with van der Waals surface area (Å²) in [7, 11) is 1.28. The smallest absolute Gasteiger partial charge is 0.364 e. The van der Waals surface area contributed by atoms with Crippen LogP contribution >= 0.6 is 11.6 Å². The highest BCUT2D eigenvalue weighted by Gasteiger charge is 2.32. The van der Waals surface area contributed by atoms with Crippen molar-refractivity contribution >= 4 is 28.9 Å². The van der Waals surface area contributed by atoms with Gasteiger partial charge >= 0.3 is 6.18 Å². The molecule has 0 saturated carbocycles. The molecule has 0 aromatic heterocycles. The lowest BCUT2D eigenvalue weighted by Gasteiger charge is -2.22. The molecule has 19 heavy (non-hydrogen) atoms. The topological polar surface area (TPSA) is 58.4 Å². The van der Waals surface area contributed by atoms with Crippen LogP contribution < -0.4 is 16.0 Å². The molecule has 0 aliphatic carbocycles. The molecule has 3 N–H and O–H groups in total. The van der Waals surface area contributed by atoms with Gasteiger partial charge in [-0.1, -0.05) is 11.6 Å². The molecule has 0 saturated heterocycles. The lowest BCUT2D eigenvalue weighted by atomic mass is 10.1. The summed E-state index contributed by atoms with van der Waals surface area (Å²) in [5, 5.41) is 2.62. The van der Waals surface area contributed by atoms with E-state index in [4.69, 9.17) is 17.3 Å². The number of alkyl halides is 3. The third-order valence-corrected chi connectivity index (χ3v) is 3.12. The number of carbonyl (C=O) groups is 1. The molecule has 0 spiro atoms. The fourth-order valence-electron chi connectivity index (χ4n) is 1.94. The number of halogens is 4. The van der Waals surface area contributed by atoms with Gasteiger partial charge in [-0.25, -0.2) is 0 Å². The number of fused-ring (bicyclic) bond motifs is 1. The summed E-state index contributed by atoms with van der Waals surface area (Å²) in [6.07, 6.45) is -4.34. The van der Waals surface area contributed by atoms with Gasteiger partial charge in [0.1, 0.15) is 12.6 Å². The minimum Gasteiger partial charge on any atom is -0.364 e. The zero-order chi connectivity index (χ0) is 14.4. The lowest BCUT2D eigenvalue weighted by Crippen LogP contribution is -2.31. The second-order valence-corrected chi connectivity index (χ2v) is 4.74. The summed E-state index contributed by atoms with van der Waals surface area (Å²) in [5.74, 6) is -0.401. The predicted molar refractivity (Wildman–Crippen MR) is 66.3 cm³/mol. The van der Waals surface area contributed by atoms with E-state index in [1.54, 1.807) is 0 Å². The van der Waals surface area contributed by atoms with Crippen LogP contribution in [0.3, 0.4) is 0 Å². The minimum absolute atomic E-state index is 0.123. The number of nitrogens with one attached hydrogen (secondary N) is 1. The van der Waals surface area contributed by atoms with Gasteiger partial charge in [-0.15, -0.1) is 0 Å². The van der Waals surface area contributed by atoms with E-state index in [0.717, 1.165) is 4.90 Å². The molecule has 1 atom stereocenters. The molecule has 1 amide bonds. The Morgan fingerprint density at radius 3 is 2.68 bits per heavy atom. The number of nitrogens with zero attached hydrogens (tertiary/aromatic N) is 1. The Morgan fingerprint density at radius 1 is 1.47 bits per heavy atom. The van der Waals surface area contributed by atoms with Crippen LogP contribution in [-0.2, 0) is 4.79 Å². The molecule has 4 nitrogen and oxygen atoms in total. The summed E-state index contributed by atoms with van der Waals surface area (Å²) in [6, 6.07) is 1.98. The van der Waals surface area contributed by atoms with Crippen molar-refractivity contribution in [3.63, 3.8) is 0 Å². The molecule has 1 aromatic carbocycles. The van der Waals surface area contributed by atoms with Crippen molar-refractivity contribution < 1.29 is 18.0 Å². The first-order valence-electron chi connectivity index (χ1n) is 5.37. The van der Waals surface area contributed by atoms with E-state index < -0.39 is 24.7 Å². The van der Waals surface area contributed by atoms with Gasteiger partial charge in [0.15, 0.2) is 0 Å². The number of nitrogens with two attached hydrogens (primary N) is 1. The van der Waals surface area contributed by atoms with Crippen molar-refractivity contribution in [1.29, 1.82) is 0 Å². The number of hydrogen-bond acceptors (Lipinski definition) is 3. The lowest BCUT2D eigenvalue weighted by molar-refractivity contribution is -0.119. The van der Waals surface area contributed by atoms with Gasteiger partial charge in [-0.05, 0) is 12.1 Å². The third kappa shape index (κ3) is 2.76. The monoisotopic (exact) mass is 293 g/mol. The average Bonchev–Trinajstić information content (AvgIpc) is 2.52. The van der Waals surface area contributed by atoms with Gasteiger partial charge in [0.25, 0.3) is 0 Å². The van der Waals surface area contributed by atoms with E-state index in [9.17, 15) is 18.0 Å². The number of amides is 1. The fraction of sp³-hybridized carbons (Fsp3) is 0.364. The molecule has 1 heterocycles. The van der Waals surface area contributed by atoms with Crippen LogP contribution in [0.2, 0.25) is 5.02 Å². The van der Waals surface area contributed by atoms with Crippen molar-refractivity contribution in [1.82, 2.24) is 0 Å². The highest BCUT2D eigenvalue weighted by molar-refractivity contribution is 6.33. The van der Waals surface area contributed by atoms with Crippen LogP contribution in [0.15, 0.2) is 12.1 Å². The second-order valence-electron chi connectivity index (χ2n) is 4.33. The summed E-state index contributed by atoms with van der Waals surface area (Å²) in [5.41, 5.74) is 6.69. The molecule has 0 fully saturated rings. The maximum atomic E-state index is 12.3. The first kappa shape index (κ1) is 14.0. The molecule has 0 radical (unpaired) electrons. The maximum Gasteiger partial charge on any atom is 0.405 e. The highest BCUT2D eigenvalue weighted by Crippen LogP contribution is 2.38. The van der Waals surface area contributed by atoms with Crippen molar-refractivity contribution in [3.05, 3.63) is 22.7 Å². The normalized spacial score (nSPS) is 18.2. The maximum absolute atomic E-state index is 12.3. The molecule has 1 aromatic rings. The van der Waals surface area contributed by atoms with E-state index in [1.807, 2.05) is 0 Å². The van der Waals surface area contributed by atoms with Crippen molar-refractivity contribution in [2.75, 3.05) is 23.8 Å². The van der Waals surface area contributed by atoms with Crippen LogP contribution in [0, 0.1) is 0 Å². The Balaban J connectivity index is 2.34. The number of carbonyl (C=O) groups excluding carboxylic acids is 1. The van der Waals surface area contributed by atoms with Gasteiger partial charge in [-0.3, -0.25) is 4.79 Å². The Morgan fingerprint density at radius 2 is 2.11 bits per heavy atom. The first-order chi connectivity index (χ1) is 8.69. The number of benzene rings is 1. The first-order valence-corrected chi connectivity index (χ1v) is 5.74. The van der Waals surface area contributed by atoms with Crippen LogP contribution in [-0.4, -0.2) is 25.7 Å². The van der Waals surface area contributed by atoms with Gasteiger partial charge in [0, 0.05) is 18.3 Å². The predicted octanol–water partition coefficient (Wildman–Crippen LogP) is 2.29. The number of hydrogen-bond donors (Lipinski definition) is 2. The standard InChI is InChI=1S/C11H11ClF3N3O/c1-18(4-11(13,14)15)8-3-7-5(2-6(8)12)9(16)10(19)17-7/h2-3,9H,4,16H2,1H3,(H,17,19). The van der Waals surface area contributed by atoms with E-state index in [0.29, 0.717) is 11.3 Å². The Hall–Kier alpha value is -1.47. The van der Waals surface area contributed by atoms with Gasteiger partial charge in [0.05, 0.1) is 10.7 Å². The van der Waals surface area contributed by atoms with Crippen LogP contribution in [0.5, 0.6) is 0 Å². The summed E-state index contributed by atoms with van der Waals surface area (Å²) in [4.78, 5) is 12.4. The molecule has 0 bridgehead atoms. The van der Waals surface area contributed by atoms with Crippen LogP contribution in [0.4, 0.5) is 24.5 Å². The Labute approximate surface area is 112 Å². The Bertz CT molecular complexity index is 533. The van der Waals surface area contributed by atoms with Gasteiger partial charge in [0.2, 0.25) is 5.91 Å². The van der Waals surface area contributed by atoms with E-state index in [-0.39, 0.29) is 10.7 Å². The third-order valence-electron chi connectivity index (χ3n) is 2.82. The van der Waals surface area contributed by atoms with Crippen molar-refractivity contribution in [3.8, 4) is 0 Å². The molecule has 1 aliphatic heterocycles. The second kappa shape index (κ2) is 4.57. The summed E-state index contributed by atoms with van der Waals surface area (Å²) < 4.78 is 37.0. The largest absolute Gasteiger partial charge is 0.405 e. The highest BCUT2D eigenvalue weighted by atomic mass is 35.5. The number of rotatable bonds is 2. The molecule has 2 rings (SSSR count). The zero-order valence-corrected chi connectivity index (χ0v) is 10.6. The van der Waals surface area contributed by atoms with Crippen molar-refractivity contribution in [2.24, 2.45) is 5.73 Å². The molecule has 1 unspecified atom stereocenters. The summed E-state index contributed by atoms with van der Waals surface area (Å²) in [6.45, 7) is -1.13. The van der Waals surface area contributed by atoms with E-state index in [1.165, 1.54) is 19.2 Å². The van der Waals surface area contributed by atoms with Gasteiger partial charge < -0.3 is 16.0 Å². The van der Waals surface area contributed by atoms with Crippen molar-refractivity contribution in [2.45, 2.75) is 12.2 Å². The van der Waals surface area contributed by atoms with E-state index in [2.05, 4.69) is 5.32 Å². The van der Waals surface area contributed by atoms with Crippen LogP contribution in [0.25, 0.3) is 0 Å². The van der Waals surface area contributed by atoms with Gasteiger partial charge in [-0.2, -0.15) is 13.2 Å². The molecular formula is C11H11ClF3N3O. The fourth-order valence-corrected chi connectivity index (χ4v) is 2.26. The molecule has 104 valence electrons. The average molecular weight is 294 g/mol. The zero-order valence-electron chi connectivity index (χ0n) is 9.88. The van der Waals surface area contributed by atoms with E-state index >= 15 is 0 Å².